The fourth-order valence-electron chi connectivity index (χ4n) is 4.82. The van der Waals surface area contributed by atoms with E-state index in [-0.39, 0.29) is 18.3 Å². The number of carbonyl (C=O) groups is 1. The molecule has 2 aromatic carbocycles. The van der Waals surface area contributed by atoms with E-state index in [1.807, 2.05) is 42.2 Å². The van der Waals surface area contributed by atoms with Gasteiger partial charge in [0.05, 0.1) is 23.4 Å². The summed E-state index contributed by atoms with van der Waals surface area (Å²) < 4.78 is 21.1. The van der Waals surface area contributed by atoms with Crippen LogP contribution >= 0.6 is 0 Å². The Balaban J connectivity index is 1.34. The number of nitrogens with zero attached hydrogens (tertiary/aromatic N) is 6. The Bertz CT molecular complexity index is 1410. The first-order valence-electron chi connectivity index (χ1n) is 13.6. The van der Waals surface area contributed by atoms with E-state index in [9.17, 15) is 9.18 Å². The van der Waals surface area contributed by atoms with E-state index in [0.29, 0.717) is 38.7 Å². The first kappa shape index (κ1) is 26.7. The number of ether oxygens (including phenoxy) is 1. The maximum Gasteiger partial charge on any atom is 0.248 e. The maximum atomic E-state index is 13.6. The van der Waals surface area contributed by atoms with Gasteiger partial charge in [-0.05, 0) is 49.1 Å². The number of aryl methyl sites for hydroxylation is 2. The van der Waals surface area contributed by atoms with Crippen molar-refractivity contribution in [1.82, 2.24) is 24.6 Å². The minimum Gasteiger partial charge on any atom is -0.367 e. The van der Waals surface area contributed by atoms with Crippen molar-refractivity contribution in [3.05, 3.63) is 77.5 Å². The molecular weight excluding hydrogens is 495 g/mol. The first-order chi connectivity index (χ1) is 18.9. The normalized spacial score (nSPS) is 14.0. The van der Waals surface area contributed by atoms with E-state index in [0.717, 1.165) is 52.5 Å². The second-order valence-corrected chi connectivity index (χ2v) is 10.4. The van der Waals surface area contributed by atoms with Gasteiger partial charge in [-0.15, -0.1) is 0 Å². The first-order valence-corrected chi connectivity index (χ1v) is 13.6. The summed E-state index contributed by atoms with van der Waals surface area (Å²) in [5, 5.41) is 5.65. The van der Waals surface area contributed by atoms with E-state index in [1.54, 1.807) is 16.8 Å². The van der Waals surface area contributed by atoms with Crippen molar-refractivity contribution in [2.45, 2.75) is 40.2 Å². The van der Waals surface area contributed by atoms with Crippen LogP contribution in [0.5, 0.6) is 0 Å². The molecule has 1 aliphatic heterocycles. The largest absolute Gasteiger partial charge is 0.367 e. The van der Waals surface area contributed by atoms with E-state index in [2.05, 4.69) is 18.7 Å². The van der Waals surface area contributed by atoms with Crippen molar-refractivity contribution in [3.63, 3.8) is 0 Å². The van der Waals surface area contributed by atoms with Crippen LogP contribution in [0.2, 0.25) is 0 Å². The molecule has 1 fully saturated rings. The van der Waals surface area contributed by atoms with E-state index < -0.39 is 0 Å². The third-order valence-corrected chi connectivity index (χ3v) is 7.02. The third-order valence-electron chi connectivity index (χ3n) is 7.02. The molecule has 0 atom stereocenters. The van der Waals surface area contributed by atoms with Gasteiger partial charge in [0.2, 0.25) is 5.91 Å². The molecule has 5 rings (SSSR count). The number of carbonyl (C=O) groups excluding carboxylic acids is 1. The number of amides is 1. The summed E-state index contributed by atoms with van der Waals surface area (Å²) in [4.78, 5) is 26.8. The zero-order valence-corrected chi connectivity index (χ0v) is 22.8. The molecule has 0 spiro atoms. The van der Waals surface area contributed by atoms with Gasteiger partial charge < -0.3 is 14.5 Å². The zero-order valence-electron chi connectivity index (χ0n) is 22.8. The molecule has 9 heteroatoms. The molecule has 2 aromatic heterocycles. The lowest BCUT2D eigenvalue weighted by atomic mass is 10.1. The fraction of sp³-hybridized carbons (Fsp3) is 0.400. The molecule has 8 nitrogen and oxygen atoms in total. The van der Waals surface area contributed by atoms with E-state index >= 15 is 0 Å². The number of fused-ring (bicyclic) bond motifs is 1. The molecule has 1 saturated heterocycles. The lowest BCUT2D eigenvalue weighted by Gasteiger charge is -2.35. The summed E-state index contributed by atoms with van der Waals surface area (Å²) in [6, 6.07) is 16.1. The summed E-state index contributed by atoms with van der Waals surface area (Å²) in [7, 11) is 0. The minimum atomic E-state index is -0.294. The Hall–Kier alpha value is -3.85. The molecule has 0 unspecified atom stereocenters. The number of halogens is 1. The number of aromatic nitrogens is 4. The van der Waals surface area contributed by atoms with Crippen LogP contribution in [0.3, 0.4) is 0 Å². The number of piperazine rings is 1. The third kappa shape index (κ3) is 6.25. The van der Waals surface area contributed by atoms with E-state index in [1.165, 1.54) is 12.1 Å². The van der Waals surface area contributed by atoms with Gasteiger partial charge in [0, 0.05) is 32.6 Å². The van der Waals surface area contributed by atoms with Crippen LogP contribution in [0, 0.1) is 18.7 Å². The second kappa shape index (κ2) is 11.9. The monoisotopic (exact) mass is 530 g/mol. The average molecular weight is 531 g/mol. The zero-order chi connectivity index (χ0) is 27.4. The maximum absolute atomic E-state index is 13.6. The van der Waals surface area contributed by atoms with Gasteiger partial charge in [0.1, 0.15) is 24.1 Å². The highest BCUT2D eigenvalue weighted by atomic mass is 19.1. The summed E-state index contributed by atoms with van der Waals surface area (Å²) in [5.74, 6) is 1.84. The lowest BCUT2D eigenvalue weighted by molar-refractivity contribution is -0.136. The van der Waals surface area contributed by atoms with Crippen molar-refractivity contribution < 1.29 is 13.9 Å². The molecule has 0 aliphatic carbocycles. The highest BCUT2D eigenvalue weighted by Crippen LogP contribution is 2.30. The molecule has 204 valence electrons. The van der Waals surface area contributed by atoms with Crippen LogP contribution in [-0.2, 0) is 22.6 Å². The molecular formula is C30H35FN6O2. The van der Waals surface area contributed by atoms with Gasteiger partial charge in [-0.25, -0.2) is 19.0 Å². The smallest absolute Gasteiger partial charge is 0.248 e. The minimum absolute atomic E-state index is 0.00338. The van der Waals surface area contributed by atoms with Crippen molar-refractivity contribution in [2.24, 2.45) is 5.92 Å². The van der Waals surface area contributed by atoms with Gasteiger partial charge in [-0.3, -0.25) is 4.79 Å². The number of benzene rings is 2. The van der Waals surface area contributed by atoms with Crippen LogP contribution < -0.4 is 4.90 Å². The molecule has 1 amide bonds. The molecule has 3 heterocycles. The Labute approximate surface area is 228 Å². The summed E-state index contributed by atoms with van der Waals surface area (Å²) >= 11 is 0. The van der Waals surface area contributed by atoms with Crippen LogP contribution in [-0.4, -0.2) is 63.3 Å². The van der Waals surface area contributed by atoms with Gasteiger partial charge in [-0.1, -0.05) is 44.2 Å². The highest BCUT2D eigenvalue weighted by molar-refractivity contribution is 5.91. The fourth-order valence-corrected chi connectivity index (χ4v) is 4.82. The number of hydrogen-bond donors (Lipinski definition) is 0. The summed E-state index contributed by atoms with van der Waals surface area (Å²) in [6.45, 7) is 9.29. The molecule has 4 aromatic rings. The standard InChI is InChI=1S/C30H35FN6O2/c1-21(2)9-14-26-32-29(28-22(3)34-37(30(28)33-26)25-12-10-24(31)11-13-25)36-17-15-35(16-18-36)27(38)20-39-19-23-7-5-4-6-8-23/h4-8,10-13,21H,9,14-20H2,1-3H3. The van der Waals surface area contributed by atoms with Crippen LogP contribution in [0.25, 0.3) is 16.7 Å². The Morgan fingerprint density at radius 2 is 1.72 bits per heavy atom. The van der Waals surface area contributed by atoms with Crippen LogP contribution in [0.1, 0.15) is 37.4 Å². The molecule has 0 radical (unpaired) electrons. The second-order valence-electron chi connectivity index (χ2n) is 10.4. The Kier molecular flexibility index (Phi) is 8.16. The number of rotatable bonds is 9. The predicted molar refractivity (Wildman–Crippen MR) is 149 cm³/mol. The number of hydrogen-bond acceptors (Lipinski definition) is 6. The lowest BCUT2D eigenvalue weighted by Crippen LogP contribution is -2.50. The van der Waals surface area contributed by atoms with Crippen molar-refractivity contribution in [2.75, 3.05) is 37.7 Å². The SMILES string of the molecule is Cc1nn(-c2ccc(F)cc2)c2nc(CCC(C)C)nc(N3CCN(C(=O)COCc4ccccc4)CC3)c12. The van der Waals surface area contributed by atoms with Gasteiger partial charge >= 0.3 is 0 Å². The molecule has 0 N–H and O–H groups in total. The van der Waals surface area contributed by atoms with Gasteiger partial charge in [-0.2, -0.15) is 5.10 Å². The predicted octanol–water partition coefficient (Wildman–Crippen LogP) is 4.72. The van der Waals surface area contributed by atoms with Crippen molar-refractivity contribution >= 4 is 22.8 Å². The van der Waals surface area contributed by atoms with Crippen LogP contribution in [0.4, 0.5) is 10.2 Å². The average Bonchev–Trinajstić information content (AvgIpc) is 3.28. The summed E-state index contributed by atoms with van der Waals surface area (Å²) in [5.41, 5.74) is 3.33. The number of anilines is 1. The Morgan fingerprint density at radius 3 is 2.41 bits per heavy atom. The molecule has 0 saturated carbocycles. The molecule has 39 heavy (non-hydrogen) atoms. The van der Waals surface area contributed by atoms with Gasteiger partial charge in [0.15, 0.2) is 5.65 Å². The molecule has 1 aliphatic rings. The topological polar surface area (TPSA) is 76.4 Å². The van der Waals surface area contributed by atoms with Crippen molar-refractivity contribution in [3.8, 4) is 5.69 Å². The molecule has 0 bridgehead atoms. The highest BCUT2D eigenvalue weighted by Gasteiger charge is 2.26. The van der Waals surface area contributed by atoms with Crippen molar-refractivity contribution in [1.29, 1.82) is 0 Å². The van der Waals surface area contributed by atoms with Gasteiger partial charge in [0.25, 0.3) is 0 Å². The van der Waals surface area contributed by atoms with Crippen LogP contribution in [0.15, 0.2) is 54.6 Å². The Morgan fingerprint density at radius 1 is 1.00 bits per heavy atom. The summed E-state index contributed by atoms with van der Waals surface area (Å²) in [6.07, 6.45) is 1.73. The van der Waals surface area contributed by atoms with E-state index in [4.69, 9.17) is 19.8 Å². The quantitative estimate of drug-likeness (QED) is 0.312.